The molecule has 0 saturated heterocycles. The molecule has 25 heteroatoms. The first kappa shape index (κ1) is 66.3. The van der Waals surface area contributed by atoms with Gasteiger partial charge in [-0.05, 0) is 131 Å². The van der Waals surface area contributed by atoms with E-state index in [1.807, 2.05) is 176 Å². The topological polar surface area (TPSA) is 278 Å². The number of nitrogens with two attached hydrogens (primary N) is 1. The van der Waals surface area contributed by atoms with E-state index in [4.69, 9.17) is 65.1 Å². The minimum absolute atomic E-state index is 0. The molecule has 20 nitrogen and oxygen atoms in total. The molecule has 3 aromatic heterocycles. The molecule has 0 spiro atoms. The van der Waals surface area contributed by atoms with Crippen LogP contribution in [0.15, 0.2) is 242 Å². The zero-order valence-electron chi connectivity index (χ0n) is 50.5. The van der Waals surface area contributed by atoms with Crippen LogP contribution in [-0.4, -0.2) is 81.4 Å². The maximum Gasteiger partial charge on any atom is 2.00 e. The van der Waals surface area contributed by atoms with E-state index >= 15 is 0 Å². The van der Waals surface area contributed by atoms with Crippen LogP contribution < -0.4 is 31.3 Å². The van der Waals surface area contributed by atoms with Crippen LogP contribution in [0.2, 0.25) is 0 Å². The smallest absolute Gasteiger partial charge is 0.691 e. The van der Waals surface area contributed by atoms with E-state index in [9.17, 15) is 14.4 Å². The van der Waals surface area contributed by atoms with Gasteiger partial charge in [-0.2, -0.15) is 4.33 Å². The van der Waals surface area contributed by atoms with Gasteiger partial charge < -0.3 is 49.4 Å². The number of hydrogen-bond donors (Lipinski definition) is 3. The standard InChI is InChI=1S/C56H34N8O6S3.C13H13N3.CH4O3S.Cu/c1-68-54(65)29-17-23-32(24-18-29)71-40-14-6-11-37-43(40)52-60-48(37)58-46-35-9-4-5-10-36(35)47(57-46)59-51-44-38(12-7-15-41(44)72-33-25-19-30(20-26-33)55(66)69-2)49(61-51)63-53-45-39(50(62-52)64-53)13-8-16-42(45)73-34-27-21-31(22-28-34)56(67)70-3;14-13(15-11-7-3-1-4-8-11)16-12-9-5-2-6-10-12;1-5-4-3-2;/h4-28H,1-3H3;1-10H,(H3,14,15,16);2H,1H3;/q-2;;;+2. The SMILES string of the molecule is COC(=O)c1ccc(Sc2cccc3c2-c2nc-3nc3[n-]c(nc4nc(nc5[n-]c(n2)c2ccccc52)-c2cccc(Sc5ccc(C(=O)OC)cc5)c2-4)c2cccc(Sc4ccc(C(=O)OC)cc4)c32)cc1.CSOO[O-].NC(Nc1ccccc1)=[NH+]c1ccccc1.[Cu+2]. The van der Waals surface area contributed by atoms with E-state index in [-0.39, 0.29) is 17.1 Å². The zero-order chi connectivity index (χ0) is 65.1. The first-order valence-electron chi connectivity index (χ1n) is 28.5. The fourth-order valence-corrected chi connectivity index (χ4v) is 13.0. The number of ether oxygens (including phenoxy) is 3. The number of esters is 3. The Morgan fingerprint density at radius 3 is 1.29 bits per heavy atom. The summed E-state index contributed by atoms with van der Waals surface area (Å²) in [4.78, 5) is 86.9. The second-order valence-electron chi connectivity index (χ2n) is 20.1. The average molecular weight is 1380 g/mol. The third kappa shape index (κ3) is 15.1. The number of guanidine groups is 1. The van der Waals surface area contributed by atoms with Gasteiger partial charge in [-0.3, -0.25) is 10.8 Å². The van der Waals surface area contributed by atoms with E-state index in [1.165, 1.54) is 56.6 Å². The molecular formula is C70H51CuN11O9S4. The van der Waals surface area contributed by atoms with Gasteiger partial charge in [-0.1, -0.05) is 132 Å². The van der Waals surface area contributed by atoms with Gasteiger partial charge in [0, 0.05) is 97.9 Å². The predicted octanol–water partition coefficient (Wildman–Crippen LogP) is 12.3. The molecular weight excluding hydrogens is 1330 g/mol. The van der Waals surface area contributed by atoms with Crippen molar-refractivity contribution >= 4 is 127 Å². The van der Waals surface area contributed by atoms with Crippen LogP contribution >= 0.6 is 47.3 Å². The second kappa shape index (κ2) is 30.7. The molecule has 95 heavy (non-hydrogen) atoms. The molecule has 4 N–H and O–H groups in total. The van der Waals surface area contributed by atoms with Crippen LogP contribution in [0.1, 0.15) is 31.1 Å². The molecule has 0 amide bonds. The molecule has 1 radical (unpaired) electrons. The number of benzene rings is 9. The number of carbonyl (C=O) groups excluding carboxylic acids is 3. The van der Waals surface area contributed by atoms with Gasteiger partial charge in [0.2, 0.25) is 0 Å². The van der Waals surface area contributed by atoms with Crippen molar-refractivity contribution in [2.24, 2.45) is 5.73 Å². The van der Waals surface area contributed by atoms with Crippen LogP contribution in [0.4, 0.5) is 11.4 Å². The van der Waals surface area contributed by atoms with Crippen molar-refractivity contribution in [3.05, 3.63) is 229 Å². The quantitative estimate of drug-likeness (QED) is 0.0141. The molecule has 9 aromatic carbocycles. The minimum Gasteiger partial charge on any atom is -0.691 e. The summed E-state index contributed by atoms with van der Waals surface area (Å²) < 4.78 is 18.5. The molecule has 12 aromatic rings. The fourth-order valence-electron chi connectivity index (χ4n) is 10.0. The predicted molar refractivity (Wildman–Crippen MR) is 362 cm³/mol. The number of rotatable bonds is 13. The molecule has 14 rings (SSSR count). The maximum absolute atomic E-state index is 12.4. The molecule has 0 saturated carbocycles. The number of nitrogens with one attached hydrogen (secondary N) is 2. The van der Waals surface area contributed by atoms with E-state index in [0.29, 0.717) is 68.5 Å². The molecule has 0 fully saturated rings. The van der Waals surface area contributed by atoms with Crippen molar-refractivity contribution in [3.63, 3.8) is 0 Å². The number of anilines is 1. The Hall–Kier alpha value is -10.2. The van der Waals surface area contributed by atoms with E-state index in [0.717, 1.165) is 96.6 Å². The number of hydrogen-bond acceptors (Lipinski definition) is 19. The third-order valence-electron chi connectivity index (χ3n) is 14.3. The molecule has 0 unspecified atom stereocenters. The van der Waals surface area contributed by atoms with Crippen molar-refractivity contribution in [2.75, 3.05) is 32.9 Å². The monoisotopic (exact) mass is 1380 g/mol. The first-order valence-corrected chi connectivity index (χ1v) is 32.1. The summed E-state index contributed by atoms with van der Waals surface area (Å²) in [5.74, 6) is 0.819. The largest absolute Gasteiger partial charge is 2.00 e. The molecule has 5 heterocycles. The van der Waals surface area contributed by atoms with Crippen LogP contribution in [0.5, 0.6) is 0 Å². The van der Waals surface area contributed by atoms with Crippen LogP contribution in [0.25, 0.3) is 89.7 Å². The van der Waals surface area contributed by atoms with Crippen molar-refractivity contribution in [1.82, 2.24) is 39.9 Å². The Morgan fingerprint density at radius 1 is 0.453 bits per heavy atom. The summed E-state index contributed by atoms with van der Waals surface area (Å²) in [5, 5.41) is 17.8. The van der Waals surface area contributed by atoms with Gasteiger partial charge in [-0.25, -0.2) is 34.7 Å². The van der Waals surface area contributed by atoms with E-state index in [1.54, 1.807) is 42.7 Å². The van der Waals surface area contributed by atoms with Crippen LogP contribution in [0.3, 0.4) is 0 Å². The van der Waals surface area contributed by atoms with Gasteiger partial charge in [0.25, 0.3) is 0 Å². The molecule has 0 atom stereocenters. The number of nitrogens with zero attached hydrogens (tertiary/aromatic N) is 8. The summed E-state index contributed by atoms with van der Waals surface area (Å²) in [6.45, 7) is 0. The Morgan fingerprint density at radius 2 is 0.842 bits per heavy atom. The van der Waals surface area contributed by atoms with E-state index in [2.05, 4.69) is 19.7 Å². The summed E-state index contributed by atoms with van der Waals surface area (Å²) in [6.07, 6.45) is 1.58. The molecule has 2 aliphatic rings. The van der Waals surface area contributed by atoms with Gasteiger partial charge in [0.1, 0.15) is 0 Å². The van der Waals surface area contributed by atoms with Gasteiger partial charge in [0.05, 0.1) is 72.7 Å². The van der Waals surface area contributed by atoms with Crippen molar-refractivity contribution < 1.29 is 65.3 Å². The first-order chi connectivity index (χ1) is 46.0. The van der Waals surface area contributed by atoms with Crippen LogP contribution in [-0.2, 0) is 40.7 Å². The summed E-state index contributed by atoms with van der Waals surface area (Å²) >= 11 is 5.37. The Balaban J connectivity index is 0.000000357. The second-order valence-corrected chi connectivity index (χ2v) is 23.9. The van der Waals surface area contributed by atoms with Crippen LogP contribution in [0, 0.1) is 0 Å². The van der Waals surface area contributed by atoms with Gasteiger partial charge >= 0.3 is 40.9 Å². The Kier molecular flexibility index (Phi) is 21.4. The summed E-state index contributed by atoms with van der Waals surface area (Å²) in [5.41, 5.74) is 13.6. The Labute approximate surface area is 570 Å². The maximum atomic E-state index is 12.4. The van der Waals surface area contributed by atoms with Crippen molar-refractivity contribution in [3.8, 4) is 45.6 Å². The van der Waals surface area contributed by atoms with Gasteiger partial charge in [0.15, 0.2) is 0 Å². The minimum atomic E-state index is -0.425. The number of aromatic nitrogens is 8. The summed E-state index contributed by atoms with van der Waals surface area (Å²) in [7, 11) is 4.07. The molecule has 2 aliphatic heterocycles. The normalized spacial score (nSPS) is 11.2. The fraction of sp³-hybridized carbons (Fsp3) is 0.0571. The zero-order valence-corrected chi connectivity index (χ0v) is 54.7. The summed E-state index contributed by atoms with van der Waals surface area (Å²) in [6, 6.07) is 66.8. The number of fused-ring (bicyclic) bond motifs is 20. The van der Waals surface area contributed by atoms with Gasteiger partial charge in [-0.15, -0.1) is 0 Å². The van der Waals surface area contributed by atoms with E-state index < -0.39 is 17.9 Å². The van der Waals surface area contributed by atoms with Crippen molar-refractivity contribution in [2.45, 2.75) is 29.4 Å². The number of methoxy groups -OCH3 is 3. The third-order valence-corrected chi connectivity index (χ3v) is 17.7. The molecule has 475 valence electrons. The molecule has 0 aliphatic carbocycles. The average Bonchev–Trinajstić information content (AvgIpc) is 1.60. The molecule has 8 bridgehead atoms. The van der Waals surface area contributed by atoms with Crippen molar-refractivity contribution in [1.29, 1.82) is 0 Å². The number of para-hydroxylation sites is 2. The Bertz CT molecular complexity index is 4940. The number of carbonyl (C=O) groups is 3.